The fraction of sp³-hybridized carbons (Fsp3) is 0.192. The van der Waals surface area contributed by atoms with Crippen LogP contribution >= 0.6 is 11.6 Å². The number of aliphatic hydroxyl groups is 1. The summed E-state index contributed by atoms with van der Waals surface area (Å²) in [5.41, 5.74) is 4.63. The van der Waals surface area contributed by atoms with E-state index in [2.05, 4.69) is 15.3 Å². The maximum atomic E-state index is 13.0. The van der Waals surface area contributed by atoms with Gasteiger partial charge in [0, 0.05) is 11.6 Å². The Hall–Kier alpha value is -3.68. The second-order valence-electron chi connectivity index (χ2n) is 8.15. The Morgan fingerprint density at radius 2 is 1.74 bits per heavy atom. The number of H-pyrrole nitrogens is 1. The fourth-order valence-corrected chi connectivity index (χ4v) is 4.21. The molecule has 34 heavy (non-hydrogen) atoms. The number of carbonyl (C=O) groups is 2. The van der Waals surface area contributed by atoms with E-state index in [0.717, 1.165) is 16.7 Å². The van der Waals surface area contributed by atoms with Crippen molar-refractivity contribution in [1.82, 2.24) is 15.3 Å². The lowest BCUT2D eigenvalue weighted by molar-refractivity contribution is -0.143. The molecule has 3 aromatic carbocycles. The number of rotatable bonds is 9. The van der Waals surface area contributed by atoms with E-state index in [1.54, 1.807) is 6.07 Å². The molecule has 4 aromatic rings. The second kappa shape index (κ2) is 10.5. The molecule has 7 nitrogen and oxygen atoms in total. The van der Waals surface area contributed by atoms with Gasteiger partial charge in [-0.1, -0.05) is 66.2 Å². The zero-order valence-electron chi connectivity index (χ0n) is 18.2. The van der Waals surface area contributed by atoms with Gasteiger partial charge in [0.1, 0.15) is 5.52 Å². The minimum Gasteiger partial charge on any atom is -0.481 e. The van der Waals surface area contributed by atoms with Crippen LogP contribution < -0.4 is 5.32 Å². The number of hydrogen-bond acceptors (Lipinski definition) is 4. The lowest BCUT2D eigenvalue weighted by Crippen LogP contribution is -2.39. The second-order valence-corrected chi connectivity index (χ2v) is 8.55. The summed E-state index contributed by atoms with van der Waals surface area (Å²) >= 11 is 6.25. The zero-order chi connectivity index (χ0) is 24.1. The van der Waals surface area contributed by atoms with Crippen molar-refractivity contribution in [2.24, 2.45) is 5.92 Å². The highest BCUT2D eigenvalue weighted by Gasteiger charge is 2.24. The lowest BCUT2D eigenvalue weighted by Gasteiger charge is -2.22. The third-order valence-electron chi connectivity index (χ3n) is 5.76. The summed E-state index contributed by atoms with van der Waals surface area (Å²) in [6.45, 7) is -0.513. The lowest BCUT2D eigenvalue weighted by atomic mass is 9.94. The number of aromatic amines is 1. The minimum atomic E-state index is -1.11. The summed E-state index contributed by atoms with van der Waals surface area (Å²) in [4.78, 5) is 31.6. The Kier molecular flexibility index (Phi) is 7.25. The van der Waals surface area contributed by atoms with Gasteiger partial charge < -0.3 is 20.5 Å². The van der Waals surface area contributed by atoms with E-state index in [-0.39, 0.29) is 12.3 Å². The predicted octanol–water partition coefficient (Wildman–Crippen LogP) is 4.31. The highest BCUT2D eigenvalue weighted by Crippen LogP contribution is 2.24. The topological polar surface area (TPSA) is 115 Å². The Bertz CT molecular complexity index is 1290. The van der Waals surface area contributed by atoms with Gasteiger partial charge in [-0.15, -0.1) is 0 Å². The van der Waals surface area contributed by atoms with Crippen molar-refractivity contribution in [2.45, 2.75) is 18.9 Å². The molecule has 0 radical (unpaired) electrons. The third-order valence-corrected chi connectivity index (χ3v) is 6.04. The Labute approximate surface area is 201 Å². The normalized spacial score (nSPS) is 12.9. The molecule has 0 saturated heterocycles. The number of nitrogens with zero attached hydrogens (tertiary/aromatic N) is 1. The van der Waals surface area contributed by atoms with E-state index < -0.39 is 24.5 Å². The van der Waals surface area contributed by atoms with Crippen molar-refractivity contribution in [3.05, 3.63) is 89.2 Å². The number of amides is 1. The van der Waals surface area contributed by atoms with E-state index >= 15 is 0 Å². The van der Waals surface area contributed by atoms with Crippen LogP contribution in [0.5, 0.6) is 0 Å². The largest absolute Gasteiger partial charge is 0.481 e. The molecule has 0 spiro atoms. The number of aliphatic carboxylic acids is 1. The molecular formula is C26H24ClN3O4. The molecule has 174 valence electrons. The number of fused-ring (bicyclic) bond motifs is 1. The van der Waals surface area contributed by atoms with Crippen LogP contribution in [0.1, 0.15) is 22.3 Å². The average molecular weight is 478 g/mol. The number of nitrogens with one attached hydrogen (secondary N) is 2. The number of aliphatic hydroxyl groups excluding tert-OH is 1. The van der Waals surface area contributed by atoms with Crippen LogP contribution in [-0.4, -0.2) is 44.7 Å². The van der Waals surface area contributed by atoms with Gasteiger partial charge in [0.25, 0.3) is 5.91 Å². The maximum absolute atomic E-state index is 13.0. The van der Waals surface area contributed by atoms with E-state index in [9.17, 15) is 19.8 Å². The quantitative estimate of drug-likeness (QED) is 0.287. The Morgan fingerprint density at radius 3 is 2.41 bits per heavy atom. The van der Waals surface area contributed by atoms with Gasteiger partial charge in [0.05, 0.1) is 29.4 Å². The van der Waals surface area contributed by atoms with E-state index in [4.69, 9.17) is 11.6 Å². The predicted molar refractivity (Wildman–Crippen MR) is 131 cm³/mol. The third kappa shape index (κ3) is 5.44. The molecule has 0 saturated carbocycles. The van der Waals surface area contributed by atoms with Crippen molar-refractivity contribution in [2.75, 3.05) is 6.61 Å². The van der Waals surface area contributed by atoms with Crippen LogP contribution in [0, 0.1) is 5.92 Å². The number of halogens is 1. The summed E-state index contributed by atoms with van der Waals surface area (Å²) in [6, 6.07) is 20.5. The molecule has 1 amide bonds. The van der Waals surface area contributed by atoms with Crippen LogP contribution in [0.3, 0.4) is 0 Å². The van der Waals surface area contributed by atoms with Crippen molar-refractivity contribution >= 4 is 34.5 Å². The van der Waals surface area contributed by atoms with Crippen LogP contribution in [-0.2, 0) is 11.2 Å². The standard InChI is InChI=1S/C26H24ClN3O4/c27-22-12-19(13-23-24(22)29-15-28-23)25(32)30-21(11-20(14-31)26(33)34)10-16-6-8-18(9-7-16)17-4-2-1-3-5-17/h1-9,12-13,15,20-21,31H,10-11,14H2,(H,28,29)(H,30,32)(H,33,34)/t20-,21?/m1/s1. The first-order valence-corrected chi connectivity index (χ1v) is 11.2. The van der Waals surface area contributed by atoms with Crippen LogP contribution in [0.2, 0.25) is 5.02 Å². The summed E-state index contributed by atoms with van der Waals surface area (Å²) < 4.78 is 0. The Balaban J connectivity index is 1.54. The van der Waals surface area contributed by atoms with Crippen LogP contribution in [0.4, 0.5) is 0 Å². The van der Waals surface area contributed by atoms with Gasteiger partial charge in [-0.05, 0) is 41.7 Å². The maximum Gasteiger partial charge on any atom is 0.308 e. The molecule has 0 aliphatic heterocycles. The SMILES string of the molecule is O=C(NC(Cc1ccc(-c2ccccc2)cc1)C[C@H](CO)C(=O)O)c1cc(Cl)c2nc[nH]c2c1. The monoisotopic (exact) mass is 477 g/mol. The zero-order valence-corrected chi connectivity index (χ0v) is 19.0. The molecule has 2 atom stereocenters. The summed E-state index contributed by atoms with van der Waals surface area (Å²) in [6.07, 6.45) is 1.99. The molecule has 1 aromatic heterocycles. The molecular weight excluding hydrogens is 454 g/mol. The van der Waals surface area contributed by atoms with E-state index in [1.807, 2.05) is 54.6 Å². The fourth-order valence-electron chi connectivity index (χ4n) is 3.95. The Morgan fingerprint density at radius 1 is 1.03 bits per heavy atom. The van der Waals surface area contributed by atoms with Gasteiger partial charge in [-0.3, -0.25) is 9.59 Å². The highest BCUT2D eigenvalue weighted by atomic mass is 35.5. The molecule has 4 N–H and O–H groups in total. The van der Waals surface area contributed by atoms with Gasteiger partial charge in [0.15, 0.2) is 0 Å². The van der Waals surface area contributed by atoms with Crippen molar-refractivity contribution in [3.8, 4) is 11.1 Å². The summed E-state index contributed by atoms with van der Waals surface area (Å²) in [7, 11) is 0. The number of carbonyl (C=O) groups excluding carboxylic acids is 1. The average Bonchev–Trinajstić information content (AvgIpc) is 3.32. The van der Waals surface area contributed by atoms with Crippen molar-refractivity contribution in [3.63, 3.8) is 0 Å². The summed E-state index contributed by atoms with van der Waals surface area (Å²) in [5, 5.41) is 22.2. The number of aromatic nitrogens is 2. The van der Waals surface area contributed by atoms with Crippen LogP contribution in [0.25, 0.3) is 22.2 Å². The van der Waals surface area contributed by atoms with Crippen molar-refractivity contribution < 1.29 is 19.8 Å². The summed E-state index contributed by atoms with van der Waals surface area (Å²) in [5.74, 6) is -2.48. The molecule has 0 fully saturated rings. The number of carboxylic acid groups (broad SMARTS) is 1. The van der Waals surface area contributed by atoms with Crippen LogP contribution in [0.15, 0.2) is 73.1 Å². The molecule has 0 aliphatic rings. The molecule has 0 aliphatic carbocycles. The minimum absolute atomic E-state index is 0.0814. The number of carboxylic acids is 1. The smallest absolute Gasteiger partial charge is 0.308 e. The number of hydrogen-bond donors (Lipinski definition) is 4. The first kappa shape index (κ1) is 23.5. The van der Waals surface area contributed by atoms with Crippen molar-refractivity contribution in [1.29, 1.82) is 0 Å². The van der Waals surface area contributed by atoms with Gasteiger partial charge >= 0.3 is 5.97 Å². The number of benzene rings is 3. The molecule has 8 heteroatoms. The number of imidazole rings is 1. The first-order valence-electron chi connectivity index (χ1n) is 10.9. The first-order chi connectivity index (χ1) is 16.4. The van der Waals surface area contributed by atoms with E-state index in [1.165, 1.54) is 12.4 Å². The molecule has 1 unspecified atom stereocenters. The molecule has 4 rings (SSSR count). The van der Waals surface area contributed by atoms with Gasteiger partial charge in [-0.25, -0.2) is 4.98 Å². The highest BCUT2D eigenvalue weighted by molar-refractivity contribution is 6.35. The van der Waals surface area contributed by atoms with E-state index in [0.29, 0.717) is 28.0 Å². The molecule has 0 bridgehead atoms. The van der Waals surface area contributed by atoms with Gasteiger partial charge in [-0.2, -0.15) is 0 Å². The molecule has 1 heterocycles. The van der Waals surface area contributed by atoms with Gasteiger partial charge in [0.2, 0.25) is 0 Å².